The van der Waals surface area contributed by atoms with E-state index in [2.05, 4.69) is 51.2 Å². The Kier molecular flexibility index (Phi) is 4.50. The SMILES string of the molecule is c1ccc([C@]2(CN3CCN(c4cccnc4)CC3)CCOC2)cc1. The summed E-state index contributed by atoms with van der Waals surface area (Å²) in [5.41, 5.74) is 2.83. The number of piperazine rings is 1. The molecule has 2 aliphatic heterocycles. The minimum Gasteiger partial charge on any atom is -0.380 e. The molecule has 0 aliphatic carbocycles. The van der Waals surface area contributed by atoms with Gasteiger partial charge >= 0.3 is 0 Å². The van der Waals surface area contributed by atoms with Crippen molar-refractivity contribution < 1.29 is 4.74 Å². The maximum absolute atomic E-state index is 5.80. The van der Waals surface area contributed by atoms with Crippen LogP contribution in [-0.4, -0.2) is 55.8 Å². The molecule has 2 saturated heterocycles. The predicted molar refractivity (Wildman–Crippen MR) is 96.4 cm³/mol. The third-order valence-corrected chi connectivity index (χ3v) is 5.40. The van der Waals surface area contributed by atoms with Gasteiger partial charge in [0.1, 0.15) is 0 Å². The van der Waals surface area contributed by atoms with E-state index in [1.807, 2.05) is 18.5 Å². The monoisotopic (exact) mass is 323 g/mol. The molecule has 0 unspecified atom stereocenters. The Labute approximate surface area is 144 Å². The summed E-state index contributed by atoms with van der Waals surface area (Å²) in [7, 11) is 0. The Bertz CT molecular complexity index is 632. The van der Waals surface area contributed by atoms with Crippen LogP contribution in [-0.2, 0) is 10.2 Å². The lowest BCUT2D eigenvalue weighted by molar-refractivity contribution is 0.147. The largest absolute Gasteiger partial charge is 0.380 e. The number of hydrogen-bond donors (Lipinski definition) is 0. The van der Waals surface area contributed by atoms with E-state index in [1.54, 1.807) is 0 Å². The van der Waals surface area contributed by atoms with Crippen molar-refractivity contribution in [1.29, 1.82) is 0 Å². The second-order valence-corrected chi connectivity index (χ2v) is 6.92. The van der Waals surface area contributed by atoms with Crippen LogP contribution in [0.15, 0.2) is 54.9 Å². The molecular weight excluding hydrogens is 298 g/mol. The predicted octanol–water partition coefficient (Wildman–Crippen LogP) is 2.56. The molecule has 3 heterocycles. The molecule has 4 heteroatoms. The molecule has 4 rings (SSSR count). The number of aromatic nitrogens is 1. The minimum absolute atomic E-state index is 0.164. The molecule has 0 radical (unpaired) electrons. The first-order chi connectivity index (χ1) is 11.9. The second-order valence-electron chi connectivity index (χ2n) is 6.92. The summed E-state index contributed by atoms with van der Waals surface area (Å²) >= 11 is 0. The summed E-state index contributed by atoms with van der Waals surface area (Å²) in [6.07, 6.45) is 4.93. The van der Waals surface area contributed by atoms with Crippen molar-refractivity contribution in [3.8, 4) is 0 Å². The van der Waals surface area contributed by atoms with E-state index in [0.29, 0.717) is 0 Å². The lowest BCUT2D eigenvalue weighted by atomic mass is 9.79. The summed E-state index contributed by atoms with van der Waals surface area (Å²) in [5.74, 6) is 0. The number of hydrogen-bond acceptors (Lipinski definition) is 4. The third kappa shape index (κ3) is 3.17. The van der Waals surface area contributed by atoms with E-state index in [1.165, 1.54) is 11.3 Å². The van der Waals surface area contributed by atoms with Crippen LogP contribution in [0.25, 0.3) is 0 Å². The molecule has 2 fully saturated rings. The van der Waals surface area contributed by atoms with Gasteiger partial charge in [0.05, 0.1) is 18.5 Å². The fraction of sp³-hybridized carbons (Fsp3) is 0.450. The van der Waals surface area contributed by atoms with Gasteiger partial charge in [-0.2, -0.15) is 0 Å². The Morgan fingerprint density at radius 1 is 1.00 bits per heavy atom. The summed E-state index contributed by atoms with van der Waals surface area (Å²) in [6, 6.07) is 15.1. The number of rotatable bonds is 4. The van der Waals surface area contributed by atoms with Gasteiger partial charge in [0.2, 0.25) is 0 Å². The summed E-state index contributed by atoms with van der Waals surface area (Å²) in [4.78, 5) is 9.28. The van der Waals surface area contributed by atoms with Crippen LogP contribution in [0.2, 0.25) is 0 Å². The highest BCUT2D eigenvalue weighted by Crippen LogP contribution is 2.34. The average Bonchev–Trinajstić information content (AvgIpc) is 3.14. The van der Waals surface area contributed by atoms with Crippen LogP contribution in [0.3, 0.4) is 0 Å². The molecular formula is C20H25N3O. The summed E-state index contributed by atoms with van der Waals surface area (Å²) in [6.45, 7) is 7.16. The van der Waals surface area contributed by atoms with Crippen LogP contribution in [0.5, 0.6) is 0 Å². The van der Waals surface area contributed by atoms with Gasteiger partial charge < -0.3 is 9.64 Å². The Hall–Kier alpha value is -1.91. The smallest absolute Gasteiger partial charge is 0.0576 e. The third-order valence-electron chi connectivity index (χ3n) is 5.40. The van der Waals surface area contributed by atoms with Crippen molar-refractivity contribution in [3.05, 3.63) is 60.4 Å². The van der Waals surface area contributed by atoms with E-state index in [9.17, 15) is 0 Å². The Morgan fingerprint density at radius 2 is 1.83 bits per heavy atom. The average molecular weight is 323 g/mol. The molecule has 2 aromatic rings. The van der Waals surface area contributed by atoms with E-state index in [0.717, 1.165) is 52.4 Å². The highest BCUT2D eigenvalue weighted by Gasteiger charge is 2.38. The van der Waals surface area contributed by atoms with Crippen LogP contribution in [0.1, 0.15) is 12.0 Å². The summed E-state index contributed by atoms with van der Waals surface area (Å²) in [5, 5.41) is 0. The highest BCUT2D eigenvalue weighted by molar-refractivity contribution is 5.44. The molecule has 1 atom stereocenters. The molecule has 126 valence electrons. The fourth-order valence-electron chi connectivity index (χ4n) is 3.98. The van der Waals surface area contributed by atoms with E-state index < -0.39 is 0 Å². The zero-order chi connectivity index (χ0) is 16.2. The lowest BCUT2D eigenvalue weighted by Gasteiger charge is -2.40. The van der Waals surface area contributed by atoms with Crippen LogP contribution >= 0.6 is 0 Å². The molecule has 0 N–H and O–H groups in total. The first kappa shape index (κ1) is 15.6. The number of anilines is 1. The normalized spacial score (nSPS) is 25.1. The van der Waals surface area contributed by atoms with Crippen molar-refractivity contribution in [2.45, 2.75) is 11.8 Å². The first-order valence-corrected chi connectivity index (χ1v) is 8.86. The minimum atomic E-state index is 0.164. The number of benzene rings is 1. The Balaban J connectivity index is 1.42. The number of pyridine rings is 1. The van der Waals surface area contributed by atoms with Gasteiger partial charge in [-0.3, -0.25) is 9.88 Å². The van der Waals surface area contributed by atoms with E-state index in [4.69, 9.17) is 4.74 Å². The van der Waals surface area contributed by atoms with Crippen LogP contribution in [0, 0.1) is 0 Å². The van der Waals surface area contributed by atoms with E-state index in [-0.39, 0.29) is 5.41 Å². The molecule has 0 amide bonds. The highest BCUT2D eigenvalue weighted by atomic mass is 16.5. The second kappa shape index (κ2) is 6.91. The van der Waals surface area contributed by atoms with Crippen molar-refractivity contribution in [2.75, 3.05) is 50.8 Å². The van der Waals surface area contributed by atoms with Crippen LogP contribution < -0.4 is 4.90 Å². The molecule has 24 heavy (non-hydrogen) atoms. The maximum Gasteiger partial charge on any atom is 0.0576 e. The lowest BCUT2D eigenvalue weighted by Crippen LogP contribution is -2.51. The van der Waals surface area contributed by atoms with E-state index >= 15 is 0 Å². The van der Waals surface area contributed by atoms with Gasteiger partial charge in [-0.05, 0) is 24.1 Å². The molecule has 4 nitrogen and oxygen atoms in total. The molecule has 0 saturated carbocycles. The van der Waals surface area contributed by atoms with Gasteiger partial charge in [0, 0.05) is 50.9 Å². The van der Waals surface area contributed by atoms with Gasteiger partial charge in [-0.25, -0.2) is 0 Å². The van der Waals surface area contributed by atoms with Gasteiger partial charge in [0.15, 0.2) is 0 Å². The molecule has 2 aliphatic rings. The van der Waals surface area contributed by atoms with Crippen molar-refractivity contribution >= 4 is 5.69 Å². The standard InChI is InChI=1S/C20H25N3O/c1-2-5-18(6-3-1)20(8-14-24-17-20)16-22-10-12-23(13-11-22)19-7-4-9-21-15-19/h1-7,9,15H,8,10-14,16-17H2/t20-/m0/s1. The Morgan fingerprint density at radius 3 is 2.50 bits per heavy atom. The van der Waals surface area contributed by atoms with Crippen molar-refractivity contribution in [3.63, 3.8) is 0 Å². The zero-order valence-electron chi connectivity index (χ0n) is 14.1. The summed E-state index contributed by atoms with van der Waals surface area (Å²) < 4.78 is 5.80. The molecule has 0 spiro atoms. The van der Waals surface area contributed by atoms with Gasteiger partial charge in [0.25, 0.3) is 0 Å². The molecule has 1 aromatic carbocycles. The maximum atomic E-state index is 5.80. The fourth-order valence-corrected chi connectivity index (χ4v) is 3.98. The topological polar surface area (TPSA) is 28.6 Å². The van der Waals surface area contributed by atoms with Crippen molar-refractivity contribution in [2.24, 2.45) is 0 Å². The van der Waals surface area contributed by atoms with Crippen molar-refractivity contribution in [1.82, 2.24) is 9.88 Å². The number of ether oxygens (including phenoxy) is 1. The molecule has 0 bridgehead atoms. The first-order valence-electron chi connectivity index (χ1n) is 8.86. The van der Waals surface area contributed by atoms with Gasteiger partial charge in [-0.1, -0.05) is 30.3 Å². The molecule has 1 aromatic heterocycles. The van der Waals surface area contributed by atoms with Gasteiger partial charge in [-0.15, -0.1) is 0 Å². The zero-order valence-corrected chi connectivity index (χ0v) is 14.1. The van der Waals surface area contributed by atoms with Crippen LogP contribution in [0.4, 0.5) is 5.69 Å². The number of nitrogens with zero attached hydrogens (tertiary/aromatic N) is 3. The quantitative estimate of drug-likeness (QED) is 0.865.